The molecular weight excluding hydrogens is 636 g/mol. The predicted octanol–water partition coefficient (Wildman–Crippen LogP) is 5.50. The van der Waals surface area contributed by atoms with Crippen LogP contribution >= 0.6 is 0 Å². The average Bonchev–Trinajstić information content (AvgIpc) is 3.52. The molecule has 1 heterocycles. The van der Waals surface area contributed by atoms with E-state index >= 15 is 0 Å². The fraction of sp³-hybridized carbons (Fsp3) is 0.457. The molecule has 260 valence electrons. The molecule has 1 amide bonds. The van der Waals surface area contributed by atoms with Crippen LogP contribution in [0.2, 0.25) is 0 Å². The van der Waals surface area contributed by atoms with Crippen molar-refractivity contribution in [2.24, 2.45) is 5.41 Å². The SMILES string of the molecule is CC(C)(CCCC#N)CN(C[C@@H](O)[C@H](Cc1ccccc1)NC(=O)Oc1ccoc1)S(=O)(=O)c1cccc(NCC(=O)OC(C)(C)C)c1. The first-order valence-electron chi connectivity index (χ1n) is 15.7. The highest BCUT2D eigenvalue weighted by atomic mass is 32.2. The van der Waals surface area contributed by atoms with E-state index in [9.17, 15) is 23.1 Å². The van der Waals surface area contributed by atoms with Crippen LogP contribution in [0.5, 0.6) is 5.75 Å². The van der Waals surface area contributed by atoms with E-state index in [0.717, 1.165) is 5.56 Å². The zero-order valence-corrected chi connectivity index (χ0v) is 29.0. The number of anilines is 1. The maximum absolute atomic E-state index is 14.3. The molecule has 0 radical (unpaired) electrons. The minimum Gasteiger partial charge on any atom is -0.469 e. The zero-order chi connectivity index (χ0) is 35.4. The van der Waals surface area contributed by atoms with Crippen LogP contribution < -0.4 is 15.4 Å². The summed E-state index contributed by atoms with van der Waals surface area (Å²) in [6, 6.07) is 17.9. The van der Waals surface area contributed by atoms with Gasteiger partial charge >= 0.3 is 12.1 Å². The Kier molecular flexibility index (Phi) is 13.6. The van der Waals surface area contributed by atoms with E-state index in [4.69, 9.17) is 19.2 Å². The molecule has 2 atom stereocenters. The maximum Gasteiger partial charge on any atom is 0.413 e. The first kappa shape index (κ1) is 38.1. The van der Waals surface area contributed by atoms with E-state index in [2.05, 4.69) is 16.7 Å². The van der Waals surface area contributed by atoms with Crippen LogP contribution in [0.25, 0.3) is 0 Å². The van der Waals surface area contributed by atoms with Crippen LogP contribution in [-0.2, 0) is 26.0 Å². The second-order valence-electron chi connectivity index (χ2n) is 13.3. The van der Waals surface area contributed by atoms with E-state index < -0.39 is 45.2 Å². The summed E-state index contributed by atoms with van der Waals surface area (Å²) in [6.07, 6.45) is 2.04. The van der Waals surface area contributed by atoms with Crippen molar-refractivity contribution in [3.05, 3.63) is 78.8 Å². The van der Waals surface area contributed by atoms with E-state index in [1.807, 2.05) is 44.2 Å². The summed E-state index contributed by atoms with van der Waals surface area (Å²) in [6.45, 7) is 8.56. The standard InChI is InChI=1S/C35H46N4O8S/c1-34(2,3)47-32(41)22-37-27-14-11-15-29(21-27)48(43,44)39(25-35(4,5)17-9-10-18-36)23-31(40)30(20-26-12-7-6-8-13-26)38-33(42)46-28-16-19-45-24-28/h6-8,11-16,19,21,24,30-31,37,40H,9-10,17,20,22-23,25H2,1-5H3,(H,38,42)/t30-,31+/m0/s1. The number of hydrogen-bond acceptors (Lipinski definition) is 10. The van der Waals surface area contributed by atoms with Gasteiger partial charge in [0.15, 0.2) is 5.75 Å². The number of unbranched alkanes of at least 4 members (excludes halogenated alkanes) is 1. The highest BCUT2D eigenvalue weighted by molar-refractivity contribution is 7.89. The number of amides is 1. The van der Waals surface area contributed by atoms with Crippen molar-refractivity contribution in [2.45, 2.75) is 82.9 Å². The predicted molar refractivity (Wildman–Crippen MR) is 181 cm³/mol. The van der Waals surface area contributed by atoms with Crippen molar-refractivity contribution < 1.29 is 37.0 Å². The number of esters is 1. The lowest BCUT2D eigenvalue weighted by molar-refractivity contribution is -0.152. The largest absolute Gasteiger partial charge is 0.469 e. The quantitative estimate of drug-likeness (QED) is 0.122. The van der Waals surface area contributed by atoms with E-state index in [0.29, 0.717) is 24.9 Å². The summed E-state index contributed by atoms with van der Waals surface area (Å²) < 4.78 is 45.4. The van der Waals surface area contributed by atoms with Crippen molar-refractivity contribution >= 4 is 27.8 Å². The van der Waals surface area contributed by atoms with Crippen molar-refractivity contribution in [2.75, 3.05) is 25.0 Å². The number of benzene rings is 2. The summed E-state index contributed by atoms with van der Waals surface area (Å²) in [5.41, 5.74) is -0.0469. The molecule has 3 N–H and O–H groups in total. The van der Waals surface area contributed by atoms with Gasteiger partial charge in [0, 0.05) is 31.3 Å². The third kappa shape index (κ3) is 12.7. The summed E-state index contributed by atoms with van der Waals surface area (Å²) in [5.74, 6) is -0.327. The molecule has 3 rings (SSSR count). The van der Waals surface area contributed by atoms with Gasteiger partial charge in [0.2, 0.25) is 10.0 Å². The van der Waals surface area contributed by atoms with Crippen LogP contribution in [0.4, 0.5) is 10.5 Å². The molecule has 0 unspecified atom stereocenters. The molecule has 0 bridgehead atoms. The van der Waals surface area contributed by atoms with Crippen molar-refractivity contribution in [1.29, 1.82) is 5.26 Å². The molecular formula is C35H46N4O8S. The number of nitriles is 1. The second kappa shape index (κ2) is 17.1. The summed E-state index contributed by atoms with van der Waals surface area (Å²) >= 11 is 0. The highest BCUT2D eigenvalue weighted by Crippen LogP contribution is 2.29. The molecule has 0 aliphatic rings. The van der Waals surface area contributed by atoms with Gasteiger partial charge in [-0.25, -0.2) is 13.2 Å². The molecule has 0 aliphatic carbocycles. The van der Waals surface area contributed by atoms with Crippen LogP contribution in [0.15, 0.2) is 82.5 Å². The van der Waals surface area contributed by atoms with Crippen molar-refractivity contribution in [1.82, 2.24) is 9.62 Å². The third-order valence-electron chi connectivity index (χ3n) is 7.24. The van der Waals surface area contributed by atoms with Crippen molar-refractivity contribution in [3.63, 3.8) is 0 Å². The smallest absolute Gasteiger partial charge is 0.413 e. The highest BCUT2D eigenvalue weighted by Gasteiger charge is 2.35. The van der Waals surface area contributed by atoms with Crippen LogP contribution in [0.3, 0.4) is 0 Å². The Hall–Kier alpha value is -4.38. The minimum absolute atomic E-state index is 0.0188. The van der Waals surface area contributed by atoms with Gasteiger partial charge in [-0.3, -0.25) is 4.79 Å². The summed E-state index contributed by atoms with van der Waals surface area (Å²) in [5, 5.41) is 26.3. The van der Waals surface area contributed by atoms with E-state index in [1.54, 1.807) is 32.9 Å². The summed E-state index contributed by atoms with van der Waals surface area (Å²) in [7, 11) is -4.23. The third-order valence-corrected chi connectivity index (χ3v) is 9.05. The molecule has 0 spiro atoms. The number of hydrogen-bond donors (Lipinski definition) is 3. The molecule has 2 aromatic carbocycles. The number of rotatable bonds is 17. The number of carbonyl (C=O) groups is 2. The van der Waals surface area contributed by atoms with E-state index in [1.165, 1.54) is 35.0 Å². The minimum atomic E-state index is -4.23. The van der Waals surface area contributed by atoms with Gasteiger partial charge in [0.05, 0.1) is 29.4 Å². The Morgan fingerprint density at radius 2 is 1.79 bits per heavy atom. The van der Waals surface area contributed by atoms with Crippen LogP contribution in [0, 0.1) is 16.7 Å². The number of furan rings is 1. The van der Waals surface area contributed by atoms with Crippen LogP contribution in [-0.4, -0.2) is 67.3 Å². The monoisotopic (exact) mass is 682 g/mol. The number of aliphatic hydroxyl groups is 1. The fourth-order valence-electron chi connectivity index (χ4n) is 5.00. The van der Waals surface area contributed by atoms with Gasteiger partial charge in [-0.05, 0) is 69.2 Å². The normalized spacial score (nSPS) is 13.3. The van der Waals surface area contributed by atoms with Gasteiger partial charge in [-0.1, -0.05) is 50.2 Å². The summed E-state index contributed by atoms with van der Waals surface area (Å²) in [4.78, 5) is 25.0. The van der Waals surface area contributed by atoms with Crippen molar-refractivity contribution in [3.8, 4) is 11.8 Å². The van der Waals surface area contributed by atoms with Gasteiger partial charge in [-0.15, -0.1) is 0 Å². The Morgan fingerprint density at radius 1 is 1.06 bits per heavy atom. The number of nitrogens with one attached hydrogen (secondary N) is 2. The fourth-order valence-corrected chi connectivity index (χ4v) is 6.70. The number of carbonyl (C=O) groups excluding carboxylic acids is 2. The molecule has 12 nitrogen and oxygen atoms in total. The number of sulfonamides is 1. The lowest BCUT2D eigenvalue weighted by Gasteiger charge is -2.35. The average molecular weight is 683 g/mol. The molecule has 0 aliphatic heterocycles. The Labute approximate surface area is 283 Å². The maximum atomic E-state index is 14.3. The molecule has 48 heavy (non-hydrogen) atoms. The van der Waals surface area contributed by atoms with Gasteiger partial charge in [0.1, 0.15) is 18.4 Å². The topological polar surface area (TPSA) is 171 Å². The Bertz CT molecular complexity index is 1610. The molecule has 0 saturated carbocycles. The second-order valence-corrected chi connectivity index (χ2v) is 15.2. The first-order chi connectivity index (χ1) is 22.6. The van der Waals surface area contributed by atoms with Crippen LogP contribution in [0.1, 0.15) is 59.4 Å². The molecule has 0 fully saturated rings. The lowest BCUT2D eigenvalue weighted by Crippen LogP contribution is -2.52. The Morgan fingerprint density at radius 3 is 2.44 bits per heavy atom. The van der Waals surface area contributed by atoms with E-state index in [-0.39, 0.29) is 36.7 Å². The molecule has 13 heteroatoms. The van der Waals surface area contributed by atoms with Gasteiger partial charge in [0.25, 0.3) is 0 Å². The lowest BCUT2D eigenvalue weighted by atomic mass is 9.87. The molecule has 1 aromatic heterocycles. The number of nitrogens with zero attached hydrogens (tertiary/aromatic N) is 2. The number of aliphatic hydroxyl groups excluding tert-OH is 1. The zero-order valence-electron chi connectivity index (χ0n) is 28.1. The first-order valence-corrected chi connectivity index (χ1v) is 17.2. The van der Waals surface area contributed by atoms with Gasteiger partial charge < -0.3 is 29.6 Å². The number of ether oxygens (including phenoxy) is 2. The Balaban J connectivity index is 1.90. The van der Waals surface area contributed by atoms with Gasteiger partial charge in [-0.2, -0.15) is 9.57 Å². The molecule has 0 saturated heterocycles. The molecule has 3 aromatic rings.